The summed E-state index contributed by atoms with van der Waals surface area (Å²) in [6.45, 7) is 4.06. The monoisotopic (exact) mass is 376 g/mol. The lowest BCUT2D eigenvalue weighted by atomic mass is 10.1. The van der Waals surface area contributed by atoms with E-state index in [2.05, 4.69) is 15.1 Å². The Bertz CT molecular complexity index is 774. The average Bonchev–Trinajstić information content (AvgIpc) is 3.33. The first-order valence-corrected chi connectivity index (χ1v) is 10.3. The topological polar surface area (TPSA) is 48.5 Å². The number of rotatable bonds is 5. The minimum Gasteiger partial charge on any atom is -0.349 e. The van der Waals surface area contributed by atoms with Gasteiger partial charge in [-0.2, -0.15) is 0 Å². The van der Waals surface area contributed by atoms with Gasteiger partial charge >= 0.3 is 0 Å². The summed E-state index contributed by atoms with van der Waals surface area (Å²) in [6, 6.07) is 6.16. The molecule has 2 aliphatic heterocycles. The number of carbonyl (C=O) groups is 1. The first-order chi connectivity index (χ1) is 12.7. The van der Waals surface area contributed by atoms with Crippen molar-refractivity contribution in [3.05, 3.63) is 23.8 Å². The largest absolute Gasteiger partial charge is 0.349 e. The van der Waals surface area contributed by atoms with Crippen LogP contribution in [0, 0.1) is 0 Å². The van der Waals surface area contributed by atoms with Crippen molar-refractivity contribution in [2.24, 2.45) is 0 Å². The van der Waals surface area contributed by atoms with Gasteiger partial charge in [0.25, 0.3) is 5.91 Å². The van der Waals surface area contributed by atoms with E-state index < -0.39 is 6.67 Å². The van der Waals surface area contributed by atoms with E-state index in [9.17, 15) is 9.18 Å². The van der Waals surface area contributed by atoms with Gasteiger partial charge in [-0.25, -0.2) is 9.37 Å². The van der Waals surface area contributed by atoms with Crippen molar-refractivity contribution < 1.29 is 9.18 Å². The molecule has 0 bridgehead atoms. The average molecular weight is 377 g/mol. The molecule has 26 heavy (non-hydrogen) atoms. The summed E-state index contributed by atoms with van der Waals surface area (Å²) in [7, 11) is 0. The maximum Gasteiger partial charge on any atom is 0.251 e. The fraction of sp³-hybridized carbons (Fsp3) is 0.579. The van der Waals surface area contributed by atoms with Crippen molar-refractivity contribution in [3.8, 4) is 0 Å². The lowest BCUT2D eigenvalue weighted by molar-refractivity contribution is 0.0951. The number of amides is 1. The van der Waals surface area contributed by atoms with E-state index in [1.54, 1.807) is 17.4 Å². The second-order valence-corrected chi connectivity index (χ2v) is 8.12. The highest BCUT2D eigenvalue weighted by Crippen LogP contribution is 2.32. The fourth-order valence-corrected chi connectivity index (χ4v) is 4.99. The van der Waals surface area contributed by atoms with E-state index >= 15 is 0 Å². The molecule has 0 saturated carbocycles. The van der Waals surface area contributed by atoms with Crippen molar-refractivity contribution in [3.63, 3.8) is 0 Å². The first-order valence-electron chi connectivity index (χ1n) is 9.48. The zero-order chi connectivity index (χ0) is 17.9. The smallest absolute Gasteiger partial charge is 0.251 e. The number of nitrogens with zero attached hydrogens (tertiary/aromatic N) is 3. The molecule has 0 aliphatic carbocycles. The maximum absolute atomic E-state index is 12.2. The number of hydrogen-bond acceptors (Lipinski definition) is 5. The molecule has 1 aromatic heterocycles. The Kier molecular flexibility index (Phi) is 5.36. The molecule has 4 rings (SSSR count). The minimum absolute atomic E-state index is 0.0521. The van der Waals surface area contributed by atoms with Crippen LogP contribution in [0.15, 0.2) is 18.2 Å². The van der Waals surface area contributed by atoms with Crippen LogP contribution in [0.3, 0.4) is 0 Å². The Hall–Kier alpha value is -1.73. The summed E-state index contributed by atoms with van der Waals surface area (Å²) in [5.74, 6) is -0.231. The normalized spacial score (nSPS) is 21.4. The summed E-state index contributed by atoms with van der Waals surface area (Å²) in [5, 5.41) is 3.61. The van der Waals surface area contributed by atoms with Crippen molar-refractivity contribution in [1.29, 1.82) is 0 Å². The van der Waals surface area contributed by atoms with Gasteiger partial charge in [0.2, 0.25) is 0 Å². The van der Waals surface area contributed by atoms with Crippen LogP contribution >= 0.6 is 11.3 Å². The first kappa shape index (κ1) is 17.7. The van der Waals surface area contributed by atoms with Crippen LogP contribution in [-0.4, -0.2) is 61.2 Å². The second kappa shape index (κ2) is 7.88. The van der Waals surface area contributed by atoms with Crippen LogP contribution in [0.25, 0.3) is 10.2 Å². The standard InChI is InChI=1S/C19H25FN4OS/c20-7-8-21-18(25)14-4-5-16-17(12-14)26-19(22-16)24-11-6-15(13-24)23-9-2-1-3-10-23/h4-5,12,15H,1-3,6-11,13H2,(H,21,25)/t15-/m1/s1. The molecule has 2 aromatic rings. The van der Waals surface area contributed by atoms with Crippen LogP contribution in [0.1, 0.15) is 36.0 Å². The molecule has 7 heteroatoms. The molecular weight excluding hydrogens is 351 g/mol. The predicted molar refractivity (Wildman–Crippen MR) is 104 cm³/mol. The highest BCUT2D eigenvalue weighted by Gasteiger charge is 2.30. The summed E-state index contributed by atoms with van der Waals surface area (Å²) in [5.41, 5.74) is 1.49. The Morgan fingerprint density at radius 3 is 2.92 bits per heavy atom. The number of hydrogen-bond donors (Lipinski definition) is 1. The Morgan fingerprint density at radius 1 is 1.27 bits per heavy atom. The maximum atomic E-state index is 12.2. The summed E-state index contributed by atoms with van der Waals surface area (Å²) in [6.07, 6.45) is 5.22. The number of alkyl halides is 1. The van der Waals surface area contributed by atoms with Gasteiger partial charge in [0, 0.05) is 31.2 Å². The number of piperidine rings is 1. The number of likely N-dealkylation sites (tertiary alicyclic amines) is 1. The molecule has 3 heterocycles. The Labute approximate surface area is 157 Å². The minimum atomic E-state index is -0.550. The lowest BCUT2D eigenvalue weighted by Gasteiger charge is -2.32. The molecule has 2 fully saturated rings. The molecule has 1 N–H and O–H groups in total. The third kappa shape index (κ3) is 3.69. The highest BCUT2D eigenvalue weighted by atomic mass is 32.1. The molecule has 1 amide bonds. The Balaban J connectivity index is 1.46. The summed E-state index contributed by atoms with van der Waals surface area (Å²) < 4.78 is 13.2. The van der Waals surface area contributed by atoms with Gasteiger partial charge in [0.1, 0.15) is 6.67 Å². The quantitative estimate of drug-likeness (QED) is 0.871. The van der Waals surface area contributed by atoms with Gasteiger partial charge in [-0.3, -0.25) is 9.69 Å². The second-order valence-electron chi connectivity index (χ2n) is 7.11. The van der Waals surface area contributed by atoms with E-state index in [-0.39, 0.29) is 12.5 Å². The summed E-state index contributed by atoms with van der Waals surface area (Å²) in [4.78, 5) is 21.8. The molecule has 0 spiro atoms. The van der Waals surface area contributed by atoms with Gasteiger partial charge in [-0.15, -0.1) is 0 Å². The van der Waals surface area contributed by atoms with E-state index in [0.717, 1.165) is 28.4 Å². The van der Waals surface area contributed by atoms with Crippen molar-refractivity contribution >= 4 is 32.6 Å². The molecule has 5 nitrogen and oxygen atoms in total. The number of thiazole rings is 1. The van der Waals surface area contributed by atoms with Gasteiger partial charge in [0.15, 0.2) is 5.13 Å². The van der Waals surface area contributed by atoms with Crippen LogP contribution < -0.4 is 10.2 Å². The fourth-order valence-electron chi connectivity index (χ4n) is 3.95. The number of fused-ring (bicyclic) bond motifs is 1. The lowest BCUT2D eigenvalue weighted by Crippen LogP contribution is -2.40. The van der Waals surface area contributed by atoms with Gasteiger partial charge in [-0.1, -0.05) is 17.8 Å². The highest BCUT2D eigenvalue weighted by molar-refractivity contribution is 7.22. The van der Waals surface area contributed by atoms with Gasteiger partial charge in [0.05, 0.1) is 10.2 Å². The van der Waals surface area contributed by atoms with Crippen LogP contribution in [0.4, 0.5) is 9.52 Å². The summed E-state index contributed by atoms with van der Waals surface area (Å²) >= 11 is 1.64. The third-order valence-electron chi connectivity index (χ3n) is 5.36. The van der Waals surface area contributed by atoms with E-state index in [1.807, 2.05) is 12.1 Å². The molecule has 140 valence electrons. The zero-order valence-corrected chi connectivity index (χ0v) is 15.7. The molecule has 2 saturated heterocycles. The predicted octanol–water partition coefficient (Wildman–Crippen LogP) is 3.06. The number of carbonyl (C=O) groups excluding carboxylic acids is 1. The number of benzene rings is 1. The van der Waals surface area contributed by atoms with Gasteiger partial charge in [-0.05, 0) is 50.6 Å². The number of anilines is 1. The molecule has 2 aliphatic rings. The van der Waals surface area contributed by atoms with Gasteiger partial charge < -0.3 is 10.2 Å². The van der Waals surface area contributed by atoms with Crippen molar-refractivity contribution in [1.82, 2.24) is 15.2 Å². The van der Waals surface area contributed by atoms with E-state index in [0.29, 0.717) is 11.6 Å². The number of aromatic nitrogens is 1. The molecule has 1 aromatic carbocycles. The number of halogens is 1. The third-order valence-corrected chi connectivity index (χ3v) is 6.44. The SMILES string of the molecule is O=C(NCCF)c1ccc2nc(N3CC[C@@H](N4CCCCC4)C3)sc2c1. The van der Waals surface area contributed by atoms with Crippen molar-refractivity contribution in [2.75, 3.05) is 44.3 Å². The molecule has 1 atom stereocenters. The van der Waals surface area contributed by atoms with E-state index in [4.69, 9.17) is 4.98 Å². The Morgan fingerprint density at radius 2 is 2.12 bits per heavy atom. The zero-order valence-electron chi connectivity index (χ0n) is 14.9. The van der Waals surface area contributed by atoms with Crippen molar-refractivity contribution in [2.45, 2.75) is 31.7 Å². The molecule has 0 unspecified atom stereocenters. The van der Waals surface area contributed by atoms with Crippen LogP contribution in [0.2, 0.25) is 0 Å². The molecule has 0 radical (unpaired) electrons. The van der Waals surface area contributed by atoms with Crippen LogP contribution in [0.5, 0.6) is 0 Å². The van der Waals surface area contributed by atoms with E-state index in [1.165, 1.54) is 38.8 Å². The van der Waals surface area contributed by atoms with Crippen LogP contribution in [-0.2, 0) is 0 Å². The molecular formula is C19H25FN4OS. The number of nitrogens with one attached hydrogen (secondary N) is 1.